The van der Waals surface area contributed by atoms with Gasteiger partial charge in [-0.05, 0) is 31.0 Å². The highest BCUT2D eigenvalue weighted by Gasteiger charge is 2.21. The Kier molecular flexibility index (Phi) is 4.52. The lowest BCUT2D eigenvalue weighted by molar-refractivity contribution is 0.00676. The summed E-state index contributed by atoms with van der Waals surface area (Å²) in [7, 11) is 1.22. The fraction of sp³-hybridized carbons (Fsp3) is 0.417. The molecule has 20 heavy (non-hydrogen) atoms. The molecule has 1 atom stereocenters. The maximum atomic E-state index is 11.2. The molecule has 6 nitrogen and oxygen atoms in total. The maximum absolute atomic E-state index is 11.2. The third-order valence-corrected chi connectivity index (χ3v) is 4.23. The van der Waals surface area contributed by atoms with Crippen molar-refractivity contribution in [1.29, 1.82) is 0 Å². The Bertz CT molecular complexity index is 606. The summed E-state index contributed by atoms with van der Waals surface area (Å²) < 4.78 is 33.3. The van der Waals surface area contributed by atoms with Gasteiger partial charge >= 0.3 is 5.97 Å². The van der Waals surface area contributed by atoms with E-state index in [1.165, 1.54) is 12.1 Å². The fourth-order valence-electron chi connectivity index (χ4n) is 1.91. The highest BCUT2D eigenvalue weighted by atomic mass is 35.7. The predicted octanol–water partition coefficient (Wildman–Crippen LogP) is 1.87. The standard InChI is InChI=1S/C12H13ClO6S/c13-20(16,17)9-3-4-11(10(6-9)12(14)15)19-8-2-1-5-18-7-8/h3-4,6,8H,1-2,5,7H2,(H,14,15). The smallest absolute Gasteiger partial charge is 0.339 e. The lowest BCUT2D eigenvalue weighted by Gasteiger charge is -2.24. The summed E-state index contributed by atoms with van der Waals surface area (Å²) >= 11 is 0. The van der Waals surface area contributed by atoms with E-state index in [1.807, 2.05) is 0 Å². The van der Waals surface area contributed by atoms with Crippen LogP contribution in [-0.4, -0.2) is 38.8 Å². The van der Waals surface area contributed by atoms with Crippen LogP contribution in [0.25, 0.3) is 0 Å². The van der Waals surface area contributed by atoms with Crippen LogP contribution in [0, 0.1) is 0 Å². The van der Waals surface area contributed by atoms with Gasteiger partial charge in [0.15, 0.2) is 0 Å². The number of carbonyl (C=O) groups is 1. The summed E-state index contributed by atoms with van der Waals surface area (Å²) in [6, 6.07) is 3.50. The van der Waals surface area contributed by atoms with E-state index in [4.69, 9.17) is 25.3 Å². The number of aromatic carboxylic acids is 1. The molecule has 0 aromatic heterocycles. The molecule has 0 aliphatic carbocycles. The van der Waals surface area contributed by atoms with Crippen LogP contribution in [0.15, 0.2) is 23.1 Å². The van der Waals surface area contributed by atoms with Crippen LogP contribution < -0.4 is 4.74 Å². The summed E-state index contributed by atoms with van der Waals surface area (Å²) in [4.78, 5) is 10.9. The molecule has 1 N–H and O–H groups in total. The van der Waals surface area contributed by atoms with Crippen molar-refractivity contribution in [2.75, 3.05) is 13.2 Å². The molecule has 1 saturated heterocycles. The molecule has 0 amide bonds. The molecule has 0 saturated carbocycles. The van der Waals surface area contributed by atoms with E-state index in [0.717, 1.165) is 18.9 Å². The number of rotatable bonds is 4. The highest BCUT2D eigenvalue weighted by Crippen LogP contribution is 2.26. The first-order valence-electron chi connectivity index (χ1n) is 5.94. The molecule has 1 aliphatic rings. The number of carboxylic acid groups (broad SMARTS) is 1. The average molecular weight is 321 g/mol. The molecule has 0 bridgehead atoms. The van der Waals surface area contributed by atoms with Crippen molar-refractivity contribution in [2.45, 2.75) is 23.8 Å². The molecule has 1 aromatic rings. The lowest BCUT2D eigenvalue weighted by atomic mass is 10.1. The molecule has 8 heteroatoms. The second-order valence-electron chi connectivity index (χ2n) is 4.36. The predicted molar refractivity (Wildman–Crippen MR) is 70.9 cm³/mol. The van der Waals surface area contributed by atoms with Gasteiger partial charge in [-0.3, -0.25) is 0 Å². The molecule has 1 aliphatic heterocycles. The van der Waals surface area contributed by atoms with Gasteiger partial charge in [-0.25, -0.2) is 13.2 Å². The van der Waals surface area contributed by atoms with Gasteiger partial charge in [0.05, 0.1) is 11.5 Å². The van der Waals surface area contributed by atoms with Crippen LogP contribution in [-0.2, 0) is 13.8 Å². The van der Waals surface area contributed by atoms with Crippen molar-refractivity contribution in [3.8, 4) is 5.75 Å². The molecule has 0 radical (unpaired) electrons. The fourth-order valence-corrected chi connectivity index (χ4v) is 2.69. The van der Waals surface area contributed by atoms with Gasteiger partial charge in [0.2, 0.25) is 0 Å². The van der Waals surface area contributed by atoms with Gasteiger partial charge in [-0.15, -0.1) is 0 Å². The normalized spacial score (nSPS) is 19.6. The zero-order chi connectivity index (χ0) is 14.8. The van der Waals surface area contributed by atoms with Crippen LogP contribution in [0.5, 0.6) is 5.75 Å². The van der Waals surface area contributed by atoms with E-state index in [-0.39, 0.29) is 22.3 Å². The second-order valence-corrected chi connectivity index (χ2v) is 6.92. The van der Waals surface area contributed by atoms with E-state index in [1.54, 1.807) is 0 Å². The van der Waals surface area contributed by atoms with E-state index in [2.05, 4.69) is 0 Å². The van der Waals surface area contributed by atoms with Gasteiger partial charge in [-0.1, -0.05) is 0 Å². The number of benzene rings is 1. The van der Waals surface area contributed by atoms with Gasteiger partial charge < -0.3 is 14.6 Å². The lowest BCUT2D eigenvalue weighted by Crippen LogP contribution is -2.28. The Morgan fingerprint density at radius 3 is 2.75 bits per heavy atom. The minimum Gasteiger partial charge on any atom is -0.487 e. The van der Waals surface area contributed by atoms with Crippen molar-refractivity contribution < 1.29 is 27.8 Å². The SMILES string of the molecule is O=C(O)c1cc(S(=O)(=O)Cl)ccc1OC1CCCOC1. The van der Waals surface area contributed by atoms with Crippen LogP contribution in [0.3, 0.4) is 0 Å². The maximum Gasteiger partial charge on any atom is 0.339 e. The number of carboxylic acids is 1. The van der Waals surface area contributed by atoms with Gasteiger partial charge in [0.1, 0.15) is 17.4 Å². The Morgan fingerprint density at radius 1 is 1.45 bits per heavy atom. The largest absolute Gasteiger partial charge is 0.487 e. The van der Waals surface area contributed by atoms with Crippen molar-refractivity contribution in [1.82, 2.24) is 0 Å². The molecule has 0 spiro atoms. The minimum atomic E-state index is -3.98. The Hall–Kier alpha value is -1.31. The van der Waals surface area contributed by atoms with Crippen molar-refractivity contribution >= 4 is 25.7 Å². The van der Waals surface area contributed by atoms with Crippen molar-refractivity contribution in [3.63, 3.8) is 0 Å². The number of ether oxygens (including phenoxy) is 2. The average Bonchev–Trinajstić information content (AvgIpc) is 2.38. The zero-order valence-electron chi connectivity index (χ0n) is 10.4. The summed E-state index contributed by atoms with van der Waals surface area (Å²) in [5.41, 5.74) is -0.239. The van der Waals surface area contributed by atoms with Crippen LogP contribution in [0.2, 0.25) is 0 Å². The molecule has 1 unspecified atom stereocenters. The Balaban J connectivity index is 2.30. The first-order chi connectivity index (χ1) is 9.38. The first-order valence-corrected chi connectivity index (χ1v) is 8.25. The van der Waals surface area contributed by atoms with Gasteiger partial charge in [0.25, 0.3) is 9.05 Å². The summed E-state index contributed by atoms with van der Waals surface area (Å²) in [6.07, 6.45) is 1.36. The summed E-state index contributed by atoms with van der Waals surface area (Å²) in [6.45, 7) is 1.05. The third-order valence-electron chi connectivity index (χ3n) is 2.88. The Morgan fingerprint density at radius 2 is 2.20 bits per heavy atom. The Labute approximate surface area is 120 Å². The molecular weight excluding hydrogens is 308 g/mol. The van der Waals surface area contributed by atoms with Crippen molar-refractivity contribution in [3.05, 3.63) is 23.8 Å². The molecule has 110 valence electrons. The number of hydrogen-bond acceptors (Lipinski definition) is 5. The molecule has 1 aromatic carbocycles. The third kappa shape index (κ3) is 3.62. The zero-order valence-corrected chi connectivity index (χ0v) is 12.0. The molecule has 2 rings (SSSR count). The first kappa shape index (κ1) is 15.1. The second kappa shape index (κ2) is 5.99. The van der Waals surface area contributed by atoms with Crippen LogP contribution in [0.1, 0.15) is 23.2 Å². The summed E-state index contributed by atoms with van der Waals surface area (Å²) in [5.74, 6) is -1.17. The topological polar surface area (TPSA) is 89.9 Å². The van der Waals surface area contributed by atoms with E-state index < -0.39 is 15.0 Å². The number of hydrogen-bond donors (Lipinski definition) is 1. The molecular formula is C12H13ClO6S. The minimum absolute atomic E-state index is 0.108. The monoisotopic (exact) mass is 320 g/mol. The summed E-state index contributed by atoms with van der Waals surface area (Å²) in [5, 5.41) is 9.14. The quantitative estimate of drug-likeness (QED) is 0.852. The van der Waals surface area contributed by atoms with Crippen LogP contribution in [0.4, 0.5) is 0 Å². The number of halogens is 1. The molecule has 1 fully saturated rings. The molecule has 1 heterocycles. The van der Waals surface area contributed by atoms with E-state index in [9.17, 15) is 13.2 Å². The van der Waals surface area contributed by atoms with Crippen LogP contribution >= 0.6 is 10.7 Å². The van der Waals surface area contributed by atoms with Gasteiger partial charge in [-0.2, -0.15) is 0 Å². The van der Waals surface area contributed by atoms with E-state index >= 15 is 0 Å². The highest BCUT2D eigenvalue weighted by molar-refractivity contribution is 8.13. The van der Waals surface area contributed by atoms with Crippen molar-refractivity contribution in [2.24, 2.45) is 0 Å². The van der Waals surface area contributed by atoms with E-state index in [0.29, 0.717) is 13.2 Å². The van der Waals surface area contributed by atoms with Gasteiger partial charge in [0, 0.05) is 17.3 Å².